The monoisotopic (exact) mass is 298 g/mol. The standard InChI is InChI=1S/C16H22N6/c1-12-3-6-21(7-4-12)16-14(18)9-13(10-17)22(16)11-15-19-5-8-20(15)2/h5,8-9,12H,3-4,6-7,11,18H2,1-2H3. The lowest BCUT2D eigenvalue weighted by Crippen LogP contribution is -2.35. The zero-order valence-corrected chi connectivity index (χ0v) is 13.2. The topological polar surface area (TPSA) is 75.8 Å². The number of aryl methyl sites for hydroxylation is 1. The van der Waals surface area contributed by atoms with Gasteiger partial charge in [0.1, 0.15) is 23.4 Å². The lowest BCUT2D eigenvalue weighted by Gasteiger charge is -2.33. The van der Waals surface area contributed by atoms with Crippen molar-refractivity contribution in [1.82, 2.24) is 14.1 Å². The second-order valence-electron chi connectivity index (χ2n) is 6.13. The van der Waals surface area contributed by atoms with E-state index in [4.69, 9.17) is 5.73 Å². The number of anilines is 2. The zero-order valence-electron chi connectivity index (χ0n) is 13.2. The molecule has 0 aromatic carbocycles. The number of hydrogen-bond donors (Lipinski definition) is 1. The van der Waals surface area contributed by atoms with Crippen LogP contribution in [0.15, 0.2) is 18.5 Å². The van der Waals surface area contributed by atoms with Gasteiger partial charge in [-0.2, -0.15) is 5.26 Å². The highest BCUT2D eigenvalue weighted by Gasteiger charge is 2.23. The molecule has 0 radical (unpaired) electrons. The lowest BCUT2D eigenvalue weighted by atomic mass is 9.99. The minimum absolute atomic E-state index is 0.560. The number of nitrogen functional groups attached to an aromatic ring is 1. The molecule has 3 heterocycles. The highest BCUT2D eigenvalue weighted by Crippen LogP contribution is 2.31. The minimum atomic E-state index is 0.560. The molecule has 1 aliphatic rings. The molecule has 116 valence electrons. The van der Waals surface area contributed by atoms with Crippen molar-refractivity contribution in [1.29, 1.82) is 5.26 Å². The fourth-order valence-electron chi connectivity index (χ4n) is 3.08. The highest BCUT2D eigenvalue weighted by molar-refractivity contribution is 5.68. The van der Waals surface area contributed by atoms with Crippen LogP contribution in [0.25, 0.3) is 0 Å². The molecule has 2 N–H and O–H groups in total. The van der Waals surface area contributed by atoms with E-state index in [1.165, 1.54) is 0 Å². The molecule has 6 heteroatoms. The summed E-state index contributed by atoms with van der Waals surface area (Å²) in [6.07, 6.45) is 6.01. The Balaban J connectivity index is 1.97. The molecule has 0 saturated carbocycles. The number of rotatable bonds is 3. The summed E-state index contributed by atoms with van der Waals surface area (Å²) in [5, 5.41) is 9.42. The Bertz CT molecular complexity index is 697. The molecule has 2 aromatic heterocycles. The van der Waals surface area contributed by atoms with Crippen LogP contribution < -0.4 is 10.6 Å². The molecule has 2 aromatic rings. The van der Waals surface area contributed by atoms with Crippen molar-refractivity contribution in [2.75, 3.05) is 23.7 Å². The van der Waals surface area contributed by atoms with E-state index in [1.54, 1.807) is 12.3 Å². The summed E-state index contributed by atoms with van der Waals surface area (Å²) >= 11 is 0. The second kappa shape index (κ2) is 5.76. The predicted octanol–water partition coefficient (Wildman–Crippen LogP) is 1.96. The van der Waals surface area contributed by atoms with Crippen molar-refractivity contribution in [3.05, 3.63) is 30.0 Å². The Kier molecular flexibility index (Phi) is 3.80. The van der Waals surface area contributed by atoms with Crippen LogP contribution in [0.1, 0.15) is 31.3 Å². The molecule has 1 saturated heterocycles. The maximum Gasteiger partial charge on any atom is 0.133 e. The van der Waals surface area contributed by atoms with Crippen molar-refractivity contribution in [3.63, 3.8) is 0 Å². The average Bonchev–Trinajstić information content (AvgIpc) is 3.04. The molecular formula is C16H22N6. The predicted molar refractivity (Wildman–Crippen MR) is 86.5 cm³/mol. The van der Waals surface area contributed by atoms with Crippen LogP contribution in [-0.2, 0) is 13.6 Å². The lowest BCUT2D eigenvalue weighted by molar-refractivity contribution is 0.433. The first-order valence-electron chi connectivity index (χ1n) is 7.70. The second-order valence-corrected chi connectivity index (χ2v) is 6.13. The van der Waals surface area contributed by atoms with Crippen LogP contribution in [0.5, 0.6) is 0 Å². The van der Waals surface area contributed by atoms with E-state index in [9.17, 15) is 5.26 Å². The van der Waals surface area contributed by atoms with E-state index < -0.39 is 0 Å². The molecule has 1 aliphatic heterocycles. The molecule has 3 rings (SSSR count). The number of imidazole rings is 1. The molecule has 22 heavy (non-hydrogen) atoms. The highest BCUT2D eigenvalue weighted by atomic mass is 15.3. The molecule has 0 spiro atoms. The SMILES string of the molecule is CC1CCN(c2c(N)cc(C#N)n2Cc2nccn2C)CC1. The Morgan fingerprint density at radius 1 is 1.41 bits per heavy atom. The molecule has 0 aliphatic carbocycles. The van der Waals surface area contributed by atoms with Gasteiger partial charge in [-0.25, -0.2) is 4.98 Å². The first kappa shape index (κ1) is 14.5. The van der Waals surface area contributed by atoms with Crippen molar-refractivity contribution < 1.29 is 0 Å². The fraction of sp³-hybridized carbons (Fsp3) is 0.500. The van der Waals surface area contributed by atoms with Crippen LogP contribution in [-0.4, -0.2) is 27.2 Å². The van der Waals surface area contributed by atoms with Gasteiger partial charge in [0.15, 0.2) is 0 Å². The van der Waals surface area contributed by atoms with E-state index >= 15 is 0 Å². The van der Waals surface area contributed by atoms with Gasteiger partial charge in [0.05, 0.1) is 12.2 Å². The maximum atomic E-state index is 9.42. The quantitative estimate of drug-likeness (QED) is 0.940. The third-order valence-corrected chi connectivity index (χ3v) is 4.52. The van der Waals surface area contributed by atoms with Gasteiger partial charge in [-0.15, -0.1) is 0 Å². The number of hydrogen-bond acceptors (Lipinski definition) is 4. The van der Waals surface area contributed by atoms with Crippen molar-refractivity contribution in [3.8, 4) is 6.07 Å². The van der Waals surface area contributed by atoms with Gasteiger partial charge in [-0.3, -0.25) is 0 Å². The van der Waals surface area contributed by atoms with E-state index in [2.05, 4.69) is 22.9 Å². The number of nitrogens with two attached hydrogens (primary N) is 1. The fourth-order valence-corrected chi connectivity index (χ4v) is 3.08. The smallest absolute Gasteiger partial charge is 0.133 e. The number of nitriles is 1. The third-order valence-electron chi connectivity index (χ3n) is 4.52. The number of nitrogens with zero attached hydrogens (tertiary/aromatic N) is 5. The number of piperidine rings is 1. The molecule has 6 nitrogen and oxygen atoms in total. The normalized spacial score (nSPS) is 16.0. The van der Waals surface area contributed by atoms with Crippen molar-refractivity contribution >= 4 is 11.5 Å². The Morgan fingerprint density at radius 3 is 2.73 bits per heavy atom. The van der Waals surface area contributed by atoms with Gasteiger partial charge in [0, 0.05) is 32.5 Å². The van der Waals surface area contributed by atoms with Crippen LogP contribution >= 0.6 is 0 Å². The Hall–Kier alpha value is -2.42. The summed E-state index contributed by atoms with van der Waals surface area (Å²) in [6, 6.07) is 4.03. The van der Waals surface area contributed by atoms with Crippen LogP contribution in [0, 0.1) is 17.2 Å². The maximum absolute atomic E-state index is 9.42. The largest absolute Gasteiger partial charge is 0.396 e. The summed E-state index contributed by atoms with van der Waals surface area (Å²) < 4.78 is 3.97. The molecule has 0 bridgehead atoms. The van der Waals surface area contributed by atoms with Crippen LogP contribution in [0.4, 0.5) is 11.5 Å². The molecular weight excluding hydrogens is 276 g/mol. The van der Waals surface area contributed by atoms with Gasteiger partial charge >= 0.3 is 0 Å². The van der Waals surface area contributed by atoms with E-state index in [0.717, 1.165) is 43.5 Å². The van der Waals surface area contributed by atoms with E-state index in [0.29, 0.717) is 17.9 Å². The minimum Gasteiger partial charge on any atom is -0.396 e. The van der Waals surface area contributed by atoms with Gasteiger partial charge in [-0.1, -0.05) is 6.92 Å². The summed E-state index contributed by atoms with van der Waals surface area (Å²) in [7, 11) is 1.96. The first-order valence-corrected chi connectivity index (χ1v) is 7.70. The Morgan fingerprint density at radius 2 is 2.14 bits per heavy atom. The average molecular weight is 298 g/mol. The first-order chi connectivity index (χ1) is 10.6. The van der Waals surface area contributed by atoms with E-state index in [-0.39, 0.29) is 0 Å². The van der Waals surface area contributed by atoms with Crippen molar-refractivity contribution in [2.45, 2.75) is 26.3 Å². The van der Waals surface area contributed by atoms with Crippen molar-refractivity contribution in [2.24, 2.45) is 13.0 Å². The summed E-state index contributed by atoms with van der Waals surface area (Å²) in [5.74, 6) is 2.64. The van der Waals surface area contributed by atoms with Gasteiger partial charge < -0.3 is 19.8 Å². The molecule has 0 unspecified atom stereocenters. The van der Waals surface area contributed by atoms with Crippen LogP contribution in [0.2, 0.25) is 0 Å². The summed E-state index contributed by atoms with van der Waals surface area (Å²) in [6.45, 7) is 4.82. The van der Waals surface area contributed by atoms with Crippen LogP contribution in [0.3, 0.4) is 0 Å². The molecule has 1 fully saturated rings. The molecule has 0 amide bonds. The summed E-state index contributed by atoms with van der Waals surface area (Å²) in [4.78, 5) is 6.67. The van der Waals surface area contributed by atoms with Gasteiger partial charge in [0.2, 0.25) is 0 Å². The molecule has 0 atom stereocenters. The summed E-state index contributed by atoms with van der Waals surface area (Å²) in [5.41, 5.74) is 7.48. The van der Waals surface area contributed by atoms with Gasteiger partial charge in [0.25, 0.3) is 0 Å². The third kappa shape index (κ3) is 2.54. The van der Waals surface area contributed by atoms with E-state index in [1.807, 2.05) is 22.4 Å². The van der Waals surface area contributed by atoms with Gasteiger partial charge in [-0.05, 0) is 24.8 Å². The Labute approximate surface area is 130 Å². The number of aromatic nitrogens is 3. The zero-order chi connectivity index (χ0) is 15.7.